The van der Waals surface area contributed by atoms with E-state index in [0.717, 1.165) is 43.9 Å². The molecule has 3 rings (SSSR count). The number of hydrogen-bond donors (Lipinski definition) is 0. The second-order valence-electron chi connectivity index (χ2n) is 7.44. The molecule has 0 radical (unpaired) electrons. The molecular weight excluding hydrogens is 348 g/mol. The van der Waals surface area contributed by atoms with Gasteiger partial charge in [0.2, 0.25) is 0 Å². The summed E-state index contributed by atoms with van der Waals surface area (Å²) in [7, 11) is -0.490. The SMILES string of the molecule is CC1(C)OB(c2c(Cl)cc(Cl)cc2CN2CCOCC2)OC1(C)C. The van der Waals surface area contributed by atoms with Crippen LogP contribution in [0.25, 0.3) is 0 Å². The highest BCUT2D eigenvalue weighted by molar-refractivity contribution is 6.66. The molecule has 2 aliphatic rings. The fourth-order valence-electron chi connectivity index (χ4n) is 2.99. The van der Waals surface area contributed by atoms with Crippen molar-refractivity contribution in [2.45, 2.75) is 45.4 Å². The predicted octanol–water partition coefficient (Wildman–Crippen LogP) is 3.12. The van der Waals surface area contributed by atoms with Crippen molar-refractivity contribution in [1.82, 2.24) is 4.90 Å². The van der Waals surface area contributed by atoms with Gasteiger partial charge in [-0.15, -0.1) is 0 Å². The van der Waals surface area contributed by atoms with Crippen molar-refractivity contribution >= 4 is 35.8 Å². The molecule has 2 heterocycles. The van der Waals surface area contributed by atoms with Crippen LogP contribution < -0.4 is 5.46 Å². The Labute approximate surface area is 154 Å². The van der Waals surface area contributed by atoms with Crippen LogP contribution in [0.2, 0.25) is 10.0 Å². The van der Waals surface area contributed by atoms with Crippen molar-refractivity contribution in [3.63, 3.8) is 0 Å². The topological polar surface area (TPSA) is 30.9 Å². The lowest BCUT2D eigenvalue weighted by molar-refractivity contribution is 0.00578. The number of morpholine rings is 1. The van der Waals surface area contributed by atoms with Crippen LogP contribution in [0.4, 0.5) is 0 Å². The Morgan fingerprint density at radius 1 is 1.04 bits per heavy atom. The van der Waals surface area contributed by atoms with E-state index in [1.807, 2.05) is 33.8 Å². The molecule has 2 saturated heterocycles. The van der Waals surface area contributed by atoms with Gasteiger partial charge in [-0.1, -0.05) is 23.2 Å². The van der Waals surface area contributed by atoms with Crippen molar-refractivity contribution in [3.05, 3.63) is 27.7 Å². The smallest absolute Gasteiger partial charge is 0.399 e. The molecule has 132 valence electrons. The Morgan fingerprint density at radius 2 is 1.62 bits per heavy atom. The molecule has 24 heavy (non-hydrogen) atoms. The number of hydrogen-bond acceptors (Lipinski definition) is 4. The van der Waals surface area contributed by atoms with Crippen molar-refractivity contribution in [2.75, 3.05) is 26.3 Å². The van der Waals surface area contributed by atoms with Crippen LogP contribution in [0.15, 0.2) is 12.1 Å². The van der Waals surface area contributed by atoms with E-state index < -0.39 is 18.3 Å². The Hall–Kier alpha value is -0.295. The van der Waals surface area contributed by atoms with E-state index in [2.05, 4.69) is 4.90 Å². The fourth-order valence-corrected chi connectivity index (χ4v) is 3.62. The van der Waals surface area contributed by atoms with E-state index in [-0.39, 0.29) is 0 Å². The summed E-state index contributed by atoms with van der Waals surface area (Å²) in [6.45, 7) is 12.2. The van der Waals surface area contributed by atoms with Gasteiger partial charge in [0.05, 0.1) is 24.4 Å². The lowest BCUT2D eigenvalue weighted by atomic mass is 9.75. The highest BCUT2D eigenvalue weighted by atomic mass is 35.5. The molecule has 0 aliphatic carbocycles. The first-order chi connectivity index (χ1) is 11.2. The van der Waals surface area contributed by atoms with Crippen molar-refractivity contribution in [2.24, 2.45) is 0 Å². The van der Waals surface area contributed by atoms with E-state index in [1.54, 1.807) is 6.07 Å². The van der Waals surface area contributed by atoms with Crippen LogP contribution in [0, 0.1) is 0 Å². The zero-order chi connectivity index (χ0) is 17.5. The molecule has 0 N–H and O–H groups in total. The summed E-state index contributed by atoms with van der Waals surface area (Å²) >= 11 is 12.8. The molecular formula is C17H24BCl2NO3. The summed E-state index contributed by atoms with van der Waals surface area (Å²) in [5, 5.41) is 1.22. The molecule has 0 spiro atoms. The van der Waals surface area contributed by atoms with Gasteiger partial charge in [0.1, 0.15) is 0 Å². The Kier molecular flexibility index (Phi) is 5.23. The lowest BCUT2D eigenvalue weighted by Gasteiger charge is -2.32. The molecule has 0 atom stereocenters. The largest absolute Gasteiger partial charge is 0.496 e. The summed E-state index contributed by atoms with van der Waals surface area (Å²) in [6.07, 6.45) is 0. The monoisotopic (exact) mass is 371 g/mol. The van der Waals surface area contributed by atoms with Crippen molar-refractivity contribution in [3.8, 4) is 0 Å². The summed E-state index contributed by atoms with van der Waals surface area (Å²) in [5.74, 6) is 0. The summed E-state index contributed by atoms with van der Waals surface area (Å²) in [5.41, 5.74) is 1.12. The van der Waals surface area contributed by atoms with Gasteiger partial charge in [-0.25, -0.2) is 0 Å². The van der Waals surface area contributed by atoms with Gasteiger partial charge in [-0.3, -0.25) is 4.90 Å². The normalized spacial score (nSPS) is 23.7. The highest BCUT2D eigenvalue weighted by Gasteiger charge is 2.52. The van der Waals surface area contributed by atoms with Crippen molar-refractivity contribution in [1.29, 1.82) is 0 Å². The van der Waals surface area contributed by atoms with Crippen LogP contribution in [-0.2, 0) is 20.6 Å². The quantitative estimate of drug-likeness (QED) is 0.764. The minimum atomic E-state index is -0.490. The van der Waals surface area contributed by atoms with E-state index in [1.165, 1.54) is 0 Å². The first-order valence-corrected chi connectivity index (χ1v) is 9.09. The molecule has 7 heteroatoms. The zero-order valence-corrected chi connectivity index (χ0v) is 16.2. The number of ether oxygens (including phenoxy) is 1. The Bertz CT molecular complexity index is 602. The second-order valence-corrected chi connectivity index (χ2v) is 8.28. The molecule has 0 unspecified atom stereocenters. The number of benzene rings is 1. The first-order valence-electron chi connectivity index (χ1n) is 8.33. The Balaban J connectivity index is 1.92. The van der Waals surface area contributed by atoms with Crippen LogP contribution in [-0.4, -0.2) is 49.5 Å². The molecule has 1 aromatic carbocycles. The molecule has 2 aliphatic heterocycles. The van der Waals surface area contributed by atoms with E-state index >= 15 is 0 Å². The third-order valence-electron chi connectivity index (χ3n) is 5.17. The minimum absolute atomic E-state index is 0.406. The number of halogens is 2. The number of nitrogens with zero attached hydrogens (tertiary/aromatic N) is 1. The Morgan fingerprint density at radius 3 is 2.21 bits per heavy atom. The maximum Gasteiger partial charge on any atom is 0.496 e. The zero-order valence-electron chi connectivity index (χ0n) is 14.7. The lowest BCUT2D eigenvalue weighted by Crippen LogP contribution is -2.41. The van der Waals surface area contributed by atoms with Gasteiger partial charge >= 0.3 is 7.12 Å². The van der Waals surface area contributed by atoms with Crippen molar-refractivity contribution < 1.29 is 14.0 Å². The summed E-state index contributed by atoms with van der Waals surface area (Å²) < 4.78 is 17.8. The average Bonchev–Trinajstić information content (AvgIpc) is 2.67. The van der Waals surface area contributed by atoms with E-state index in [9.17, 15) is 0 Å². The first kappa shape index (κ1) is 18.5. The molecule has 0 bridgehead atoms. The molecule has 1 aromatic rings. The van der Waals surface area contributed by atoms with Gasteiger partial charge in [0, 0.05) is 35.1 Å². The predicted molar refractivity (Wildman–Crippen MR) is 98.3 cm³/mol. The van der Waals surface area contributed by atoms with Gasteiger partial charge < -0.3 is 14.0 Å². The maximum absolute atomic E-state index is 6.53. The average molecular weight is 372 g/mol. The molecule has 0 aromatic heterocycles. The second kappa shape index (κ2) is 6.78. The van der Waals surface area contributed by atoms with Crippen LogP contribution in [0.1, 0.15) is 33.3 Å². The van der Waals surface area contributed by atoms with Gasteiger partial charge in [0.15, 0.2) is 0 Å². The van der Waals surface area contributed by atoms with Gasteiger partial charge in [-0.2, -0.15) is 0 Å². The fraction of sp³-hybridized carbons (Fsp3) is 0.647. The van der Waals surface area contributed by atoms with Crippen LogP contribution >= 0.6 is 23.2 Å². The van der Waals surface area contributed by atoms with E-state index in [0.29, 0.717) is 10.0 Å². The standard InChI is InChI=1S/C17H24BCl2NO3/c1-16(2)17(3,4)24-18(23-16)15-12(9-13(19)10-14(15)20)11-21-5-7-22-8-6-21/h9-10H,5-8,11H2,1-4H3. The third kappa shape index (κ3) is 3.62. The van der Waals surface area contributed by atoms with Crippen LogP contribution in [0.3, 0.4) is 0 Å². The maximum atomic E-state index is 6.53. The summed E-state index contributed by atoms with van der Waals surface area (Å²) in [4.78, 5) is 2.33. The summed E-state index contributed by atoms with van der Waals surface area (Å²) in [6, 6.07) is 3.72. The van der Waals surface area contributed by atoms with Crippen LogP contribution in [0.5, 0.6) is 0 Å². The van der Waals surface area contributed by atoms with Gasteiger partial charge in [0.25, 0.3) is 0 Å². The third-order valence-corrected chi connectivity index (χ3v) is 5.70. The molecule has 4 nitrogen and oxygen atoms in total. The minimum Gasteiger partial charge on any atom is -0.399 e. The molecule has 0 amide bonds. The van der Waals surface area contributed by atoms with Gasteiger partial charge in [-0.05, 0) is 45.4 Å². The molecule has 2 fully saturated rings. The molecule has 0 saturated carbocycles. The number of rotatable bonds is 3. The van der Waals surface area contributed by atoms with E-state index in [4.69, 9.17) is 37.2 Å². The highest BCUT2D eigenvalue weighted by Crippen LogP contribution is 2.37.